The van der Waals surface area contributed by atoms with Crippen LogP contribution in [0.3, 0.4) is 0 Å². The van der Waals surface area contributed by atoms with Crippen LogP contribution in [0.4, 0.5) is 0 Å². The lowest BCUT2D eigenvalue weighted by atomic mass is 9.94. The number of hydrogen-bond acceptors (Lipinski definition) is 5. The average Bonchev–Trinajstić information content (AvgIpc) is 2.93. The van der Waals surface area contributed by atoms with Gasteiger partial charge < -0.3 is 15.5 Å². The summed E-state index contributed by atoms with van der Waals surface area (Å²) in [4.78, 5) is 14.0. The molecule has 1 amide bonds. The van der Waals surface area contributed by atoms with Crippen LogP contribution in [0.25, 0.3) is 0 Å². The number of carbonyl (C=O) groups excluding carboxylic acids is 1. The zero-order valence-electron chi connectivity index (χ0n) is 12.8. The minimum Gasteiger partial charge on any atom is -0.395 e. The highest BCUT2D eigenvalue weighted by Gasteiger charge is 2.37. The molecule has 2 atom stereocenters. The van der Waals surface area contributed by atoms with E-state index in [9.17, 15) is 15.0 Å². The van der Waals surface area contributed by atoms with Gasteiger partial charge in [-0.2, -0.15) is 11.8 Å². The molecule has 1 saturated heterocycles. The third-order valence-electron chi connectivity index (χ3n) is 4.14. The number of aliphatic hydroxyl groups is 2. The fourth-order valence-electron chi connectivity index (χ4n) is 2.98. The first-order valence-corrected chi connectivity index (χ1v) is 8.88. The Balaban J connectivity index is 2.13. The molecule has 3 N–H and O–H groups in total. The molecule has 0 unspecified atom stereocenters. The lowest BCUT2D eigenvalue weighted by Crippen LogP contribution is -2.43. The smallest absolute Gasteiger partial charge is 0.230 e. The maximum atomic E-state index is 11.9. The first kappa shape index (κ1) is 17.3. The van der Waals surface area contributed by atoms with Gasteiger partial charge in [-0.25, -0.2) is 0 Å². The Bertz CT molecular complexity index is 468. The molecule has 0 aromatic heterocycles. The first-order valence-electron chi connectivity index (χ1n) is 7.48. The molecule has 1 aromatic rings. The number of nitrogens with one attached hydrogen (secondary N) is 1. The van der Waals surface area contributed by atoms with Crippen LogP contribution in [0.2, 0.25) is 0 Å². The van der Waals surface area contributed by atoms with Crippen LogP contribution in [0.5, 0.6) is 0 Å². The van der Waals surface area contributed by atoms with Crippen LogP contribution < -0.4 is 5.32 Å². The first-order chi connectivity index (χ1) is 10.7. The molecular weight excluding hydrogens is 300 g/mol. The van der Waals surface area contributed by atoms with Crippen molar-refractivity contribution in [2.45, 2.75) is 18.0 Å². The van der Waals surface area contributed by atoms with Gasteiger partial charge in [-0.05, 0) is 11.8 Å². The lowest BCUT2D eigenvalue weighted by Gasteiger charge is -2.24. The Labute approximate surface area is 135 Å². The summed E-state index contributed by atoms with van der Waals surface area (Å²) >= 11 is 1.50. The quantitative estimate of drug-likeness (QED) is 0.672. The van der Waals surface area contributed by atoms with Crippen molar-refractivity contribution in [2.75, 3.05) is 38.3 Å². The SMILES string of the molecule is CSCC(=O)N[C@H]1CN(C(CO)CO)C[C@@H]1c1ccccc1. The van der Waals surface area contributed by atoms with Crippen molar-refractivity contribution in [3.05, 3.63) is 35.9 Å². The van der Waals surface area contributed by atoms with Crippen molar-refractivity contribution in [3.8, 4) is 0 Å². The molecule has 0 radical (unpaired) electrons. The monoisotopic (exact) mass is 324 g/mol. The highest BCUT2D eigenvalue weighted by atomic mass is 32.2. The fourth-order valence-corrected chi connectivity index (χ4v) is 3.33. The number of carbonyl (C=O) groups is 1. The zero-order chi connectivity index (χ0) is 15.9. The topological polar surface area (TPSA) is 72.8 Å². The highest BCUT2D eigenvalue weighted by molar-refractivity contribution is 7.99. The van der Waals surface area contributed by atoms with E-state index in [2.05, 4.69) is 22.3 Å². The third kappa shape index (κ3) is 4.23. The molecule has 0 spiro atoms. The maximum Gasteiger partial charge on any atom is 0.230 e. The molecule has 22 heavy (non-hydrogen) atoms. The van der Waals surface area contributed by atoms with Gasteiger partial charge in [0.15, 0.2) is 0 Å². The van der Waals surface area contributed by atoms with Crippen molar-refractivity contribution in [3.63, 3.8) is 0 Å². The number of aliphatic hydroxyl groups excluding tert-OH is 2. The van der Waals surface area contributed by atoms with Gasteiger partial charge in [0.2, 0.25) is 5.91 Å². The van der Waals surface area contributed by atoms with Crippen molar-refractivity contribution in [2.24, 2.45) is 0 Å². The van der Waals surface area contributed by atoms with Crippen LogP contribution in [0.15, 0.2) is 30.3 Å². The molecule has 1 heterocycles. The molecule has 6 heteroatoms. The van der Waals surface area contributed by atoms with E-state index in [-0.39, 0.29) is 37.1 Å². The van der Waals surface area contributed by atoms with Gasteiger partial charge in [-0.3, -0.25) is 9.69 Å². The Hall–Kier alpha value is -1.08. The van der Waals surface area contributed by atoms with E-state index in [1.54, 1.807) is 0 Å². The summed E-state index contributed by atoms with van der Waals surface area (Å²) in [5.74, 6) is 0.652. The molecule has 5 nitrogen and oxygen atoms in total. The largest absolute Gasteiger partial charge is 0.395 e. The lowest BCUT2D eigenvalue weighted by molar-refractivity contribution is -0.119. The fraction of sp³-hybridized carbons (Fsp3) is 0.562. The molecular formula is C16H24N2O3S. The Morgan fingerprint density at radius 1 is 1.32 bits per heavy atom. The molecule has 0 saturated carbocycles. The van der Waals surface area contributed by atoms with Crippen LogP contribution >= 0.6 is 11.8 Å². The standard InChI is InChI=1S/C16H24N2O3S/c1-22-11-16(21)17-15-8-18(13(9-19)10-20)7-14(15)12-5-3-2-4-6-12/h2-6,13-15,19-20H,7-11H2,1H3,(H,17,21)/t14-,15+/m1/s1. The van der Waals surface area contributed by atoms with E-state index in [0.717, 1.165) is 6.54 Å². The minimum atomic E-state index is -0.270. The Morgan fingerprint density at radius 3 is 2.59 bits per heavy atom. The molecule has 1 aromatic carbocycles. The summed E-state index contributed by atoms with van der Waals surface area (Å²) in [7, 11) is 0. The van der Waals surface area contributed by atoms with Crippen molar-refractivity contribution >= 4 is 17.7 Å². The van der Waals surface area contributed by atoms with Crippen LogP contribution in [-0.2, 0) is 4.79 Å². The molecule has 1 aliphatic heterocycles. The summed E-state index contributed by atoms with van der Waals surface area (Å²) in [5, 5.41) is 21.9. The highest BCUT2D eigenvalue weighted by Crippen LogP contribution is 2.29. The van der Waals surface area contributed by atoms with E-state index in [1.165, 1.54) is 17.3 Å². The molecule has 0 bridgehead atoms. The zero-order valence-corrected chi connectivity index (χ0v) is 13.6. The Kier molecular flexibility index (Phi) is 6.70. The number of rotatable bonds is 7. The minimum absolute atomic E-state index is 0.00245. The van der Waals surface area contributed by atoms with Gasteiger partial charge in [0, 0.05) is 25.0 Å². The second-order valence-electron chi connectivity index (χ2n) is 5.60. The molecule has 1 aliphatic rings. The number of thioether (sulfide) groups is 1. The number of hydrogen-bond donors (Lipinski definition) is 3. The average molecular weight is 324 g/mol. The molecule has 0 aliphatic carbocycles. The third-order valence-corrected chi connectivity index (χ3v) is 4.69. The number of likely N-dealkylation sites (tertiary alicyclic amines) is 1. The van der Waals surface area contributed by atoms with Gasteiger partial charge in [-0.15, -0.1) is 0 Å². The summed E-state index contributed by atoms with van der Waals surface area (Å²) in [6.45, 7) is 1.21. The van der Waals surface area contributed by atoms with Gasteiger partial charge in [0.25, 0.3) is 0 Å². The molecule has 1 fully saturated rings. The maximum absolute atomic E-state index is 11.9. The molecule has 2 rings (SSSR count). The summed E-state index contributed by atoms with van der Waals surface area (Å²) in [5.41, 5.74) is 1.18. The molecule has 122 valence electrons. The normalized spacial score (nSPS) is 22.2. The van der Waals surface area contributed by atoms with E-state index < -0.39 is 0 Å². The van der Waals surface area contributed by atoms with E-state index >= 15 is 0 Å². The summed E-state index contributed by atoms with van der Waals surface area (Å²) < 4.78 is 0. The van der Waals surface area contributed by atoms with E-state index in [1.807, 2.05) is 24.5 Å². The van der Waals surface area contributed by atoms with Crippen molar-refractivity contribution in [1.29, 1.82) is 0 Å². The van der Waals surface area contributed by atoms with Crippen molar-refractivity contribution in [1.82, 2.24) is 10.2 Å². The van der Waals surface area contributed by atoms with E-state index in [0.29, 0.717) is 12.3 Å². The number of nitrogens with zero attached hydrogens (tertiary/aromatic N) is 1. The Morgan fingerprint density at radius 2 is 2.00 bits per heavy atom. The van der Waals surface area contributed by atoms with Gasteiger partial charge in [0.05, 0.1) is 25.0 Å². The van der Waals surface area contributed by atoms with Crippen LogP contribution in [-0.4, -0.2) is 71.4 Å². The van der Waals surface area contributed by atoms with Gasteiger partial charge in [0.1, 0.15) is 0 Å². The van der Waals surface area contributed by atoms with Gasteiger partial charge >= 0.3 is 0 Å². The van der Waals surface area contributed by atoms with Crippen LogP contribution in [0.1, 0.15) is 11.5 Å². The van der Waals surface area contributed by atoms with Crippen LogP contribution in [0, 0.1) is 0 Å². The number of amides is 1. The summed E-state index contributed by atoms with van der Waals surface area (Å²) in [6.07, 6.45) is 1.91. The second kappa shape index (κ2) is 8.53. The predicted molar refractivity (Wildman–Crippen MR) is 89.0 cm³/mol. The second-order valence-corrected chi connectivity index (χ2v) is 6.46. The van der Waals surface area contributed by atoms with Crippen molar-refractivity contribution < 1.29 is 15.0 Å². The number of benzene rings is 1. The predicted octanol–water partition coefficient (Wildman–Crippen LogP) is 0.287. The van der Waals surface area contributed by atoms with E-state index in [4.69, 9.17) is 0 Å². The van der Waals surface area contributed by atoms with Gasteiger partial charge in [-0.1, -0.05) is 30.3 Å². The summed E-state index contributed by atoms with van der Waals surface area (Å²) in [6, 6.07) is 9.82.